The van der Waals surface area contributed by atoms with Crippen molar-refractivity contribution in [3.8, 4) is 11.5 Å². The summed E-state index contributed by atoms with van der Waals surface area (Å²) < 4.78 is 0. The molecule has 0 aliphatic rings. The van der Waals surface area contributed by atoms with Gasteiger partial charge < -0.3 is 10.2 Å². The second-order valence-corrected chi connectivity index (χ2v) is 8.88. The number of phenolic OH excluding ortho intramolecular Hbond substituents is 2. The first-order valence-electron chi connectivity index (χ1n) is 7.12. The summed E-state index contributed by atoms with van der Waals surface area (Å²) in [7, 11) is -2.00. The van der Waals surface area contributed by atoms with Crippen molar-refractivity contribution in [1.82, 2.24) is 0 Å². The summed E-state index contributed by atoms with van der Waals surface area (Å²) in [6, 6.07) is 25.1. The van der Waals surface area contributed by atoms with Gasteiger partial charge in [-0.25, -0.2) is 0 Å². The van der Waals surface area contributed by atoms with Crippen LogP contribution in [0.15, 0.2) is 78.9 Å². The fourth-order valence-electron chi connectivity index (χ4n) is 2.75. The first-order valence-corrected chi connectivity index (χ1v) is 9.36. The Morgan fingerprint density at radius 1 is 0.682 bits per heavy atom. The van der Waals surface area contributed by atoms with Gasteiger partial charge in [0, 0.05) is 6.07 Å². The molecule has 0 heterocycles. The van der Waals surface area contributed by atoms with Crippen molar-refractivity contribution in [3.05, 3.63) is 78.9 Å². The van der Waals surface area contributed by atoms with Gasteiger partial charge in [-0.3, -0.25) is 0 Å². The Morgan fingerprint density at radius 2 is 1.18 bits per heavy atom. The molecule has 0 spiro atoms. The minimum atomic E-state index is -2.00. The van der Waals surface area contributed by atoms with Crippen LogP contribution in [0.2, 0.25) is 0 Å². The zero-order valence-corrected chi connectivity index (χ0v) is 13.2. The van der Waals surface area contributed by atoms with E-state index in [1.165, 1.54) is 16.7 Å². The van der Waals surface area contributed by atoms with Crippen LogP contribution in [0.5, 0.6) is 11.5 Å². The molecule has 0 atom stereocenters. The standard InChI is InChI=1S/C19H17O2P/c1-22(16-8-4-2-5-9-16,17-10-6-3-7-11-17)19-14-15(20)12-13-18(19)21/h2-14H,1H3,(H-,20,21)/p+1. The SMILES string of the molecule is C[P+](c1ccccc1)(c1ccccc1)c1cc(O)ccc1O. The molecule has 2 nitrogen and oxygen atoms in total. The number of phenols is 2. The summed E-state index contributed by atoms with van der Waals surface area (Å²) in [5.41, 5.74) is 0. The maximum Gasteiger partial charge on any atom is 0.158 e. The Balaban J connectivity index is 2.31. The highest BCUT2D eigenvalue weighted by atomic mass is 31.2. The monoisotopic (exact) mass is 309 g/mol. The van der Waals surface area contributed by atoms with Crippen LogP contribution in [0.4, 0.5) is 0 Å². The van der Waals surface area contributed by atoms with Gasteiger partial charge in [0.1, 0.15) is 28.9 Å². The van der Waals surface area contributed by atoms with E-state index in [-0.39, 0.29) is 11.5 Å². The predicted molar refractivity (Wildman–Crippen MR) is 94.4 cm³/mol. The molecule has 0 fully saturated rings. The van der Waals surface area contributed by atoms with Gasteiger partial charge >= 0.3 is 0 Å². The van der Waals surface area contributed by atoms with Gasteiger partial charge in [0.05, 0.1) is 6.66 Å². The number of hydrogen-bond donors (Lipinski definition) is 2. The molecule has 2 N–H and O–H groups in total. The maximum absolute atomic E-state index is 10.4. The zero-order valence-electron chi connectivity index (χ0n) is 12.3. The summed E-state index contributed by atoms with van der Waals surface area (Å²) >= 11 is 0. The number of rotatable bonds is 3. The Morgan fingerprint density at radius 3 is 1.68 bits per heavy atom. The quantitative estimate of drug-likeness (QED) is 0.577. The third-order valence-electron chi connectivity index (χ3n) is 3.99. The van der Waals surface area contributed by atoms with E-state index >= 15 is 0 Å². The van der Waals surface area contributed by atoms with E-state index in [0.717, 1.165) is 5.30 Å². The zero-order chi connectivity index (χ0) is 15.6. The molecule has 3 aromatic carbocycles. The van der Waals surface area contributed by atoms with Crippen molar-refractivity contribution in [2.24, 2.45) is 0 Å². The van der Waals surface area contributed by atoms with Crippen LogP contribution >= 0.6 is 7.26 Å². The minimum absolute atomic E-state index is 0.172. The lowest BCUT2D eigenvalue weighted by Gasteiger charge is -2.23. The predicted octanol–water partition coefficient (Wildman–Crippen LogP) is 3.02. The molecule has 0 aliphatic heterocycles. The highest BCUT2D eigenvalue weighted by molar-refractivity contribution is 7.95. The van der Waals surface area contributed by atoms with E-state index in [2.05, 4.69) is 30.9 Å². The molecule has 110 valence electrons. The van der Waals surface area contributed by atoms with Crippen LogP contribution in [0, 0.1) is 0 Å². The highest BCUT2D eigenvalue weighted by Crippen LogP contribution is 2.53. The molecule has 0 bridgehead atoms. The normalized spacial score (nSPS) is 11.3. The molecule has 3 heteroatoms. The fraction of sp³-hybridized carbons (Fsp3) is 0.0526. The van der Waals surface area contributed by atoms with Crippen LogP contribution < -0.4 is 15.9 Å². The van der Waals surface area contributed by atoms with E-state index in [9.17, 15) is 10.2 Å². The Hall–Kier alpha value is -2.31. The van der Waals surface area contributed by atoms with Crippen molar-refractivity contribution in [1.29, 1.82) is 0 Å². The van der Waals surface area contributed by atoms with E-state index in [1.807, 2.05) is 36.4 Å². The van der Waals surface area contributed by atoms with Crippen LogP contribution in [0.1, 0.15) is 0 Å². The smallest absolute Gasteiger partial charge is 0.158 e. The summed E-state index contributed by atoms with van der Waals surface area (Å²) in [6.45, 7) is 2.17. The van der Waals surface area contributed by atoms with Crippen LogP contribution in [0.3, 0.4) is 0 Å². The Kier molecular flexibility index (Phi) is 3.87. The van der Waals surface area contributed by atoms with Gasteiger partial charge in [0.15, 0.2) is 5.75 Å². The van der Waals surface area contributed by atoms with Gasteiger partial charge in [0.25, 0.3) is 0 Å². The molecule has 0 saturated carbocycles. The van der Waals surface area contributed by atoms with Crippen LogP contribution in [0.25, 0.3) is 0 Å². The lowest BCUT2D eigenvalue weighted by Crippen LogP contribution is -2.30. The summed E-state index contributed by atoms with van der Waals surface area (Å²) in [5, 5.41) is 23.4. The van der Waals surface area contributed by atoms with E-state index in [0.29, 0.717) is 0 Å². The van der Waals surface area contributed by atoms with Crippen molar-refractivity contribution in [3.63, 3.8) is 0 Å². The second kappa shape index (κ2) is 5.82. The van der Waals surface area contributed by atoms with Gasteiger partial charge in [-0.1, -0.05) is 36.4 Å². The Bertz CT molecular complexity index is 730. The van der Waals surface area contributed by atoms with E-state index in [4.69, 9.17) is 0 Å². The molecule has 3 aromatic rings. The number of aromatic hydroxyl groups is 2. The second-order valence-electron chi connectivity index (χ2n) is 5.35. The first kappa shape index (κ1) is 14.6. The van der Waals surface area contributed by atoms with Gasteiger partial charge in [-0.15, -0.1) is 0 Å². The molecule has 0 aromatic heterocycles. The molecular weight excluding hydrogens is 291 g/mol. The van der Waals surface area contributed by atoms with Gasteiger partial charge in [0.2, 0.25) is 0 Å². The molecule has 0 amide bonds. The van der Waals surface area contributed by atoms with E-state index < -0.39 is 7.26 Å². The van der Waals surface area contributed by atoms with Crippen molar-refractivity contribution >= 4 is 23.2 Å². The van der Waals surface area contributed by atoms with E-state index in [1.54, 1.807) is 12.1 Å². The first-order chi connectivity index (χ1) is 10.6. The van der Waals surface area contributed by atoms with Gasteiger partial charge in [-0.2, -0.15) is 0 Å². The molecule has 22 heavy (non-hydrogen) atoms. The molecular formula is C19H18O2P+. The van der Waals surface area contributed by atoms with Gasteiger partial charge in [-0.05, 0) is 36.4 Å². The topological polar surface area (TPSA) is 40.5 Å². The number of benzene rings is 3. The van der Waals surface area contributed by atoms with Crippen LogP contribution in [-0.4, -0.2) is 16.9 Å². The third kappa shape index (κ3) is 2.47. The van der Waals surface area contributed by atoms with Crippen molar-refractivity contribution in [2.75, 3.05) is 6.66 Å². The molecule has 0 aliphatic carbocycles. The lowest BCUT2D eigenvalue weighted by atomic mass is 10.3. The molecule has 0 radical (unpaired) electrons. The summed E-state index contributed by atoms with van der Waals surface area (Å²) in [5.74, 6) is 0.396. The molecule has 3 rings (SSSR count). The summed E-state index contributed by atoms with van der Waals surface area (Å²) in [6.07, 6.45) is 0. The molecule has 0 saturated heterocycles. The third-order valence-corrected chi connectivity index (χ3v) is 7.97. The van der Waals surface area contributed by atoms with Crippen molar-refractivity contribution < 1.29 is 10.2 Å². The number of hydrogen-bond acceptors (Lipinski definition) is 2. The largest absolute Gasteiger partial charge is 0.508 e. The fourth-order valence-corrected chi connectivity index (χ4v) is 6.06. The molecule has 0 unspecified atom stereocenters. The lowest BCUT2D eigenvalue weighted by molar-refractivity contribution is 0.464. The van der Waals surface area contributed by atoms with Crippen LogP contribution in [-0.2, 0) is 0 Å². The maximum atomic E-state index is 10.4. The average molecular weight is 309 g/mol. The average Bonchev–Trinajstić information content (AvgIpc) is 2.58. The highest BCUT2D eigenvalue weighted by Gasteiger charge is 2.42. The minimum Gasteiger partial charge on any atom is -0.508 e. The Labute approximate surface area is 131 Å². The summed E-state index contributed by atoms with van der Waals surface area (Å²) in [4.78, 5) is 0. The van der Waals surface area contributed by atoms with Crippen molar-refractivity contribution in [2.45, 2.75) is 0 Å².